The first kappa shape index (κ1) is 10.3. The Balaban J connectivity index is 2.66. The van der Waals surface area contributed by atoms with E-state index in [1.807, 2.05) is 0 Å². The van der Waals surface area contributed by atoms with Crippen LogP contribution in [-0.2, 0) is 0 Å². The Morgan fingerprint density at radius 2 is 1.88 bits per heavy atom. The molecular weight excluding hydrogens is 225 g/mol. The van der Waals surface area contributed by atoms with E-state index in [1.165, 1.54) is 0 Å². The molecule has 0 unspecified atom stereocenters. The highest BCUT2D eigenvalue weighted by Gasteiger charge is 2.20. The first-order chi connectivity index (χ1) is 7.50. The molecule has 1 aromatic carbocycles. The SMILES string of the molecule is Nc1cc(-c2cc(F)c(F)c(F)c2O)no1. The summed E-state index contributed by atoms with van der Waals surface area (Å²) in [4.78, 5) is 0. The van der Waals surface area contributed by atoms with Gasteiger partial charge in [0.1, 0.15) is 5.69 Å². The zero-order valence-electron chi connectivity index (χ0n) is 7.67. The van der Waals surface area contributed by atoms with E-state index >= 15 is 0 Å². The normalized spacial score (nSPS) is 10.7. The van der Waals surface area contributed by atoms with Crippen LogP contribution in [0.3, 0.4) is 0 Å². The molecular formula is C9H5F3N2O2. The van der Waals surface area contributed by atoms with Gasteiger partial charge in [-0.3, -0.25) is 0 Å². The van der Waals surface area contributed by atoms with E-state index in [2.05, 4.69) is 9.68 Å². The fourth-order valence-corrected chi connectivity index (χ4v) is 1.20. The van der Waals surface area contributed by atoms with Crippen LogP contribution in [-0.4, -0.2) is 10.3 Å². The molecule has 16 heavy (non-hydrogen) atoms. The largest absolute Gasteiger partial charge is 0.504 e. The molecule has 0 saturated carbocycles. The summed E-state index contributed by atoms with van der Waals surface area (Å²) in [6, 6.07) is 1.75. The second-order valence-corrected chi connectivity index (χ2v) is 3.00. The lowest BCUT2D eigenvalue weighted by molar-refractivity contribution is 0.387. The number of halogens is 3. The molecule has 0 amide bonds. The van der Waals surface area contributed by atoms with Gasteiger partial charge >= 0.3 is 0 Å². The number of hydrogen-bond acceptors (Lipinski definition) is 4. The number of nitrogens with two attached hydrogens (primary N) is 1. The van der Waals surface area contributed by atoms with Crippen molar-refractivity contribution in [1.29, 1.82) is 0 Å². The number of rotatable bonds is 1. The Kier molecular flexibility index (Phi) is 2.22. The number of aromatic hydroxyl groups is 1. The van der Waals surface area contributed by atoms with Crippen molar-refractivity contribution in [1.82, 2.24) is 5.16 Å². The van der Waals surface area contributed by atoms with Gasteiger partial charge in [-0.25, -0.2) is 8.78 Å². The van der Waals surface area contributed by atoms with Crippen molar-refractivity contribution in [3.05, 3.63) is 29.6 Å². The fourth-order valence-electron chi connectivity index (χ4n) is 1.20. The number of aromatic nitrogens is 1. The van der Waals surface area contributed by atoms with Gasteiger partial charge in [-0.2, -0.15) is 4.39 Å². The van der Waals surface area contributed by atoms with E-state index < -0.39 is 23.2 Å². The third kappa shape index (κ3) is 1.46. The number of benzene rings is 1. The van der Waals surface area contributed by atoms with Crippen molar-refractivity contribution in [2.45, 2.75) is 0 Å². The van der Waals surface area contributed by atoms with E-state index in [-0.39, 0.29) is 17.1 Å². The van der Waals surface area contributed by atoms with Crippen LogP contribution in [0, 0.1) is 17.5 Å². The van der Waals surface area contributed by atoms with Crippen LogP contribution in [0.5, 0.6) is 5.75 Å². The van der Waals surface area contributed by atoms with Gasteiger partial charge in [-0.1, -0.05) is 5.16 Å². The van der Waals surface area contributed by atoms with E-state index in [0.29, 0.717) is 6.07 Å². The molecule has 0 bridgehead atoms. The molecule has 0 saturated heterocycles. The first-order valence-corrected chi connectivity index (χ1v) is 4.09. The zero-order chi connectivity index (χ0) is 11.9. The van der Waals surface area contributed by atoms with Crippen LogP contribution in [0.2, 0.25) is 0 Å². The Morgan fingerprint density at radius 1 is 1.19 bits per heavy atom. The molecule has 1 heterocycles. The van der Waals surface area contributed by atoms with Gasteiger partial charge in [0.2, 0.25) is 11.7 Å². The maximum atomic E-state index is 13.0. The molecule has 4 nitrogen and oxygen atoms in total. The summed E-state index contributed by atoms with van der Waals surface area (Å²) in [6.45, 7) is 0. The number of phenolic OH excluding ortho intramolecular Hbond substituents is 1. The topological polar surface area (TPSA) is 72.3 Å². The molecule has 0 aliphatic carbocycles. The monoisotopic (exact) mass is 230 g/mol. The molecule has 84 valence electrons. The highest BCUT2D eigenvalue weighted by atomic mass is 19.2. The molecule has 1 aromatic heterocycles. The predicted octanol–water partition coefficient (Wildman–Crippen LogP) is 2.05. The van der Waals surface area contributed by atoms with E-state index in [0.717, 1.165) is 6.07 Å². The summed E-state index contributed by atoms with van der Waals surface area (Å²) in [7, 11) is 0. The van der Waals surface area contributed by atoms with Crippen LogP contribution < -0.4 is 5.73 Å². The van der Waals surface area contributed by atoms with Crippen LogP contribution in [0.15, 0.2) is 16.7 Å². The summed E-state index contributed by atoms with van der Waals surface area (Å²) < 4.78 is 43.1. The number of anilines is 1. The number of phenols is 1. The standard InChI is InChI=1S/C9H5F3N2O2/c10-4-1-3(5-2-6(13)16-14-5)9(15)8(12)7(4)11/h1-2,15H,13H2. The molecule has 0 atom stereocenters. The van der Waals surface area contributed by atoms with Crippen molar-refractivity contribution in [2.75, 3.05) is 5.73 Å². The van der Waals surface area contributed by atoms with Crippen LogP contribution >= 0.6 is 0 Å². The van der Waals surface area contributed by atoms with Gasteiger partial charge in [-0.05, 0) is 6.07 Å². The van der Waals surface area contributed by atoms with Gasteiger partial charge in [0, 0.05) is 6.07 Å². The van der Waals surface area contributed by atoms with Gasteiger partial charge < -0.3 is 15.4 Å². The summed E-state index contributed by atoms with van der Waals surface area (Å²) in [5.41, 5.74) is 4.77. The lowest BCUT2D eigenvalue weighted by Crippen LogP contribution is -1.93. The first-order valence-electron chi connectivity index (χ1n) is 4.09. The summed E-state index contributed by atoms with van der Waals surface area (Å²) in [5.74, 6) is -6.02. The van der Waals surface area contributed by atoms with E-state index in [1.54, 1.807) is 0 Å². The number of hydrogen-bond donors (Lipinski definition) is 2. The Morgan fingerprint density at radius 3 is 2.44 bits per heavy atom. The predicted molar refractivity (Wildman–Crippen MR) is 47.9 cm³/mol. The van der Waals surface area contributed by atoms with Gasteiger partial charge in [0.25, 0.3) is 0 Å². The molecule has 0 aliphatic rings. The third-order valence-corrected chi connectivity index (χ3v) is 1.94. The molecule has 0 radical (unpaired) electrons. The average Bonchev–Trinajstić information content (AvgIpc) is 2.67. The minimum Gasteiger partial charge on any atom is -0.504 e. The number of nitrogens with zero attached hydrogens (tertiary/aromatic N) is 1. The van der Waals surface area contributed by atoms with Crippen molar-refractivity contribution in [2.24, 2.45) is 0 Å². The molecule has 2 rings (SSSR count). The molecule has 0 aliphatic heterocycles. The van der Waals surface area contributed by atoms with Crippen LogP contribution in [0.25, 0.3) is 11.3 Å². The minimum atomic E-state index is -1.75. The minimum absolute atomic E-state index is 0.0900. The summed E-state index contributed by atoms with van der Waals surface area (Å²) in [6.07, 6.45) is 0. The molecule has 0 spiro atoms. The lowest BCUT2D eigenvalue weighted by Gasteiger charge is -2.03. The highest BCUT2D eigenvalue weighted by Crippen LogP contribution is 2.33. The molecule has 7 heteroatoms. The van der Waals surface area contributed by atoms with Gasteiger partial charge in [0.15, 0.2) is 17.4 Å². The Labute approximate surface area is 87.1 Å². The third-order valence-electron chi connectivity index (χ3n) is 1.94. The van der Waals surface area contributed by atoms with E-state index in [4.69, 9.17) is 5.73 Å². The lowest BCUT2D eigenvalue weighted by atomic mass is 10.1. The van der Waals surface area contributed by atoms with Crippen molar-refractivity contribution in [3.8, 4) is 17.0 Å². The molecule has 2 aromatic rings. The van der Waals surface area contributed by atoms with Crippen molar-refractivity contribution >= 4 is 5.88 Å². The fraction of sp³-hybridized carbons (Fsp3) is 0. The zero-order valence-corrected chi connectivity index (χ0v) is 7.67. The molecule has 0 fully saturated rings. The van der Waals surface area contributed by atoms with E-state index in [9.17, 15) is 18.3 Å². The van der Waals surface area contributed by atoms with Gasteiger partial charge in [-0.15, -0.1) is 0 Å². The second-order valence-electron chi connectivity index (χ2n) is 3.00. The van der Waals surface area contributed by atoms with Crippen LogP contribution in [0.1, 0.15) is 0 Å². The Hall–Kier alpha value is -2.18. The quantitative estimate of drug-likeness (QED) is 0.735. The second kappa shape index (κ2) is 3.44. The maximum Gasteiger partial charge on any atom is 0.222 e. The highest BCUT2D eigenvalue weighted by molar-refractivity contribution is 5.68. The van der Waals surface area contributed by atoms with Crippen molar-refractivity contribution in [3.63, 3.8) is 0 Å². The van der Waals surface area contributed by atoms with Crippen LogP contribution in [0.4, 0.5) is 19.1 Å². The number of nitrogen functional groups attached to an aromatic ring is 1. The summed E-state index contributed by atoms with van der Waals surface area (Å²) in [5, 5.41) is 12.6. The average molecular weight is 230 g/mol. The molecule has 3 N–H and O–H groups in total. The summed E-state index contributed by atoms with van der Waals surface area (Å²) >= 11 is 0. The maximum absolute atomic E-state index is 13.0. The smallest absolute Gasteiger partial charge is 0.222 e. The van der Waals surface area contributed by atoms with Gasteiger partial charge in [0.05, 0.1) is 5.56 Å². The van der Waals surface area contributed by atoms with Crippen molar-refractivity contribution < 1.29 is 22.8 Å². The Bertz CT molecular complexity index is 554.